The molecule has 8 N–H and O–H groups in total. The topological polar surface area (TPSA) is 229 Å². The molecule has 3 aromatic carbocycles. The van der Waals surface area contributed by atoms with Crippen LogP contribution in [0, 0.1) is 11.3 Å². The standard InChI is InChI=1S/C39H45N7O7/c1-2-3-17-30(37(50)45-33(21-35(47)48)38(51)44-32(36(41)49)19-25-12-6-4-7-13-25)43-34(22-40)31(20-27-23-42-29-18-11-10-16-28(27)29)46-39(52)53-24-26-14-8-5-9-15-26/h4-16,18,23,30-34,42-43H,2-3,17,19-21,24H2,1H3,(H2,41,49)(H,44,51)(H,45,50)(H,46,52)(H,47,48)/t30-,31-,32-,33-,34-/m0/s1. The molecule has 0 aliphatic heterocycles. The van der Waals surface area contributed by atoms with Crippen molar-refractivity contribution in [3.63, 3.8) is 0 Å². The summed E-state index contributed by atoms with van der Waals surface area (Å²) in [6.07, 6.45) is 1.91. The number of aliphatic carboxylic acids is 1. The maximum Gasteiger partial charge on any atom is 0.407 e. The van der Waals surface area contributed by atoms with Gasteiger partial charge < -0.3 is 36.5 Å². The molecule has 53 heavy (non-hydrogen) atoms. The highest BCUT2D eigenvalue weighted by atomic mass is 16.5. The number of carbonyl (C=O) groups excluding carboxylic acids is 4. The number of carbonyl (C=O) groups is 5. The van der Waals surface area contributed by atoms with E-state index in [1.54, 1.807) is 36.5 Å². The minimum atomic E-state index is -1.57. The average molecular weight is 724 g/mol. The summed E-state index contributed by atoms with van der Waals surface area (Å²) in [5.41, 5.74) is 8.71. The fraction of sp³-hybridized carbons (Fsp3) is 0.333. The van der Waals surface area contributed by atoms with Gasteiger partial charge in [0.25, 0.3) is 0 Å². The molecule has 0 saturated carbocycles. The largest absolute Gasteiger partial charge is 0.481 e. The zero-order chi connectivity index (χ0) is 38.2. The third kappa shape index (κ3) is 12.2. The number of nitrogens with one attached hydrogen (secondary N) is 5. The number of H-pyrrole nitrogens is 1. The zero-order valence-corrected chi connectivity index (χ0v) is 29.4. The van der Waals surface area contributed by atoms with E-state index >= 15 is 0 Å². The second-order valence-corrected chi connectivity index (χ2v) is 12.7. The number of hydrogen-bond donors (Lipinski definition) is 7. The number of alkyl carbamates (subject to hydrolysis) is 1. The summed E-state index contributed by atoms with van der Waals surface area (Å²) in [5.74, 6) is -3.85. The first-order chi connectivity index (χ1) is 25.6. The number of rotatable bonds is 20. The van der Waals surface area contributed by atoms with Gasteiger partial charge in [-0.2, -0.15) is 5.26 Å². The second kappa shape index (κ2) is 20.0. The number of amides is 4. The van der Waals surface area contributed by atoms with Gasteiger partial charge in [0.1, 0.15) is 24.7 Å². The lowest BCUT2D eigenvalue weighted by molar-refractivity contribution is -0.141. The quantitative estimate of drug-likeness (QED) is 0.0709. The number of benzene rings is 3. The fourth-order valence-electron chi connectivity index (χ4n) is 5.87. The fourth-order valence-corrected chi connectivity index (χ4v) is 5.87. The van der Waals surface area contributed by atoms with E-state index in [-0.39, 0.29) is 25.9 Å². The van der Waals surface area contributed by atoms with Crippen molar-refractivity contribution < 1.29 is 33.8 Å². The number of unbranched alkanes of at least 4 members (excludes halogenated alkanes) is 1. The Hall–Kier alpha value is -6.20. The molecule has 0 unspecified atom stereocenters. The molecule has 0 spiro atoms. The summed E-state index contributed by atoms with van der Waals surface area (Å²) < 4.78 is 5.47. The molecular weight excluding hydrogens is 678 g/mol. The SMILES string of the molecule is CCCC[C@H](N[C@@H](C#N)[C@H](Cc1c[nH]c2ccccc12)NC(=O)OCc1ccccc1)C(=O)N[C@@H](CC(=O)O)C(=O)N[C@@H](Cc1ccccc1)C(N)=O. The maximum atomic E-state index is 13.8. The van der Waals surface area contributed by atoms with Gasteiger partial charge in [0.15, 0.2) is 0 Å². The molecule has 5 atom stereocenters. The van der Waals surface area contributed by atoms with Crippen LogP contribution < -0.4 is 27.0 Å². The summed E-state index contributed by atoms with van der Waals surface area (Å²) in [6.45, 7) is 1.91. The monoisotopic (exact) mass is 723 g/mol. The molecule has 14 heteroatoms. The van der Waals surface area contributed by atoms with Gasteiger partial charge in [-0.05, 0) is 35.6 Å². The van der Waals surface area contributed by atoms with Gasteiger partial charge in [0.05, 0.1) is 24.6 Å². The third-order valence-electron chi connectivity index (χ3n) is 8.67. The summed E-state index contributed by atoms with van der Waals surface area (Å²) in [6, 6.07) is 21.8. The highest BCUT2D eigenvalue weighted by molar-refractivity contribution is 5.94. The third-order valence-corrected chi connectivity index (χ3v) is 8.67. The van der Waals surface area contributed by atoms with Crippen molar-refractivity contribution in [2.45, 2.75) is 82.3 Å². The average Bonchev–Trinajstić information content (AvgIpc) is 3.56. The lowest BCUT2D eigenvalue weighted by atomic mass is 9.97. The number of aromatic amines is 1. The Morgan fingerprint density at radius 3 is 2.09 bits per heavy atom. The minimum absolute atomic E-state index is 0.00630. The van der Waals surface area contributed by atoms with Crippen molar-refractivity contribution in [2.75, 3.05) is 0 Å². The van der Waals surface area contributed by atoms with Crippen molar-refractivity contribution in [3.8, 4) is 6.07 Å². The molecule has 1 aromatic heterocycles. The van der Waals surface area contributed by atoms with E-state index in [0.717, 1.165) is 22.0 Å². The minimum Gasteiger partial charge on any atom is -0.481 e. The van der Waals surface area contributed by atoms with Gasteiger partial charge in [0.2, 0.25) is 17.7 Å². The molecule has 0 saturated heterocycles. The number of primary amides is 1. The number of carboxylic acids is 1. The molecule has 14 nitrogen and oxygen atoms in total. The normalized spacial score (nSPS) is 13.7. The Kier molecular flexibility index (Phi) is 14.9. The highest BCUT2D eigenvalue weighted by Crippen LogP contribution is 2.20. The molecule has 278 valence electrons. The van der Waals surface area contributed by atoms with Gasteiger partial charge in [0, 0.05) is 23.5 Å². The molecule has 4 amide bonds. The van der Waals surface area contributed by atoms with Gasteiger partial charge in [-0.3, -0.25) is 24.5 Å². The Bertz CT molecular complexity index is 1880. The van der Waals surface area contributed by atoms with Crippen molar-refractivity contribution >= 4 is 40.7 Å². The molecule has 4 aromatic rings. The summed E-state index contributed by atoms with van der Waals surface area (Å²) in [5, 5.41) is 31.8. The van der Waals surface area contributed by atoms with Gasteiger partial charge in [-0.1, -0.05) is 98.6 Å². The number of ether oxygens (including phenoxy) is 1. The summed E-state index contributed by atoms with van der Waals surface area (Å²) in [7, 11) is 0. The molecule has 0 aliphatic carbocycles. The molecule has 4 rings (SSSR count). The van der Waals surface area contributed by atoms with Crippen molar-refractivity contribution in [3.05, 3.63) is 108 Å². The zero-order valence-electron chi connectivity index (χ0n) is 29.4. The van der Waals surface area contributed by atoms with Crippen LogP contribution in [0.2, 0.25) is 0 Å². The number of nitrogens with zero attached hydrogens (tertiary/aromatic N) is 1. The van der Waals surface area contributed by atoms with E-state index < -0.39 is 66.4 Å². The van der Waals surface area contributed by atoms with E-state index in [1.165, 1.54) is 0 Å². The number of carboxylic acid groups (broad SMARTS) is 1. The van der Waals surface area contributed by atoms with Gasteiger partial charge in [-0.15, -0.1) is 0 Å². The number of nitrogens with two attached hydrogens (primary N) is 1. The molecule has 0 fully saturated rings. The summed E-state index contributed by atoms with van der Waals surface area (Å²) in [4.78, 5) is 67.6. The van der Waals surface area contributed by atoms with Crippen LogP contribution in [0.3, 0.4) is 0 Å². The lowest BCUT2D eigenvalue weighted by Gasteiger charge is -2.29. The molecular formula is C39H45N7O7. The Balaban J connectivity index is 1.54. The van der Waals surface area contributed by atoms with Crippen LogP contribution in [0.4, 0.5) is 4.79 Å². The second-order valence-electron chi connectivity index (χ2n) is 12.7. The van der Waals surface area contributed by atoms with Crippen LogP contribution in [0.15, 0.2) is 91.1 Å². The molecule has 0 radical (unpaired) electrons. The number of fused-ring (bicyclic) bond motifs is 1. The molecule has 0 aliphatic rings. The van der Waals surface area contributed by atoms with Gasteiger partial charge >= 0.3 is 12.1 Å². The first kappa shape index (κ1) is 39.6. The summed E-state index contributed by atoms with van der Waals surface area (Å²) >= 11 is 0. The van der Waals surface area contributed by atoms with E-state index in [2.05, 4.69) is 32.3 Å². The number of para-hydroxylation sites is 1. The first-order valence-electron chi connectivity index (χ1n) is 17.4. The predicted molar refractivity (Wildman–Crippen MR) is 197 cm³/mol. The number of aromatic nitrogens is 1. The van der Waals surface area contributed by atoms with E-state index in [4.69, 9.17) is 10.5 Å². The van der Waals surface area contributed by atoms with E-state index in [1.807, 2.05) is 61.5 Å². The predicted octanol–water partition coefficient (Wildman–Crippen LogP) is 3.22. The smallest absolute Gasteiger partial charge is 0.407 e. The van der Waals surface area contributed by atoms with E-state index in [0.29, 0.717) is 18.4 Å². The van der Waals surface area contributed by atoms with Crippen molar-refractivity contribution in [2.24, 2.45) is 5.73 Å². The maximum absolute atomic E-state index is 13.8. The van der Waals surface area contributed by atoms with Gasteiger partial charge in [-0.25, -0.2) is 4.79 Å². The van der Waals surface area contributed by atoms with Crippen LogP contribution >= 0.6 is 0 Å². The molecule has 1 heterocycles. The van der Waals surface area contributed by atoms with Crippen molar-refractivity contribution in [1.82, 2.24) is 26.3 Å². The lowest BCUT2D eigenvalue weighted by Crippen LogP contribution is -2.59. The van der Waals surface area contributed by atoms with Crippen molar-refractivity contribution in [1.29, 1.82) is 5.26 Å². The first-order valence-corrected chi connectivity index (χ1v) is 17.4. The Morgan fingerprint density at radius 1 is 0.830 bits per heavy atom. The Labute approximate surface area is 307 Å². The van der Waals surface area contributed by atoms with Crippen LogP contribution in [0.25, 0.3) is 10.9 Å². The molecule has 0 bridgehead atoms. The Morgan fingerprint density at radius 2 is 1.45 bits per heavy atom. The van der Waals surface area contributed by atoms with Crippen LogP contribution in [-0.4, -0.2) is 70.1 Å². The van der Waals surface area contributed by atoms with Crippen LogP contribution in [0.1, 0.15) is 49.3 Å². The van der Waals surface area contributed by atoms with E-state index in [9.17, 15) is 34.3 Å². The van der Waals surface area contributed by atoms with Crippen LogP contribution in [-0.2, 0) is 43.4 Å². The van der Waals surface area contributed by atoms with Crippen LogP contribution in [0.5, 0.6) is 0 Å². The number of hydrogen-bond acceptors (Lipinski definition) is 8. The highest BCUT2D eigenvalue weighted by Gasteiger charge is 2.33. The number of nitriles is 1.